The number of piperidine rings is 1. The van der Waals surface area contributed by atoms with E-state index in [1.54, 1.807) is 6.92 Å². The number of aromatic nitrogens is 2. The minimum atomic E-state index is -0.922. The molecule has 2 heterocycles. The molecule has 1 saturated heterocycles. The Bertz CT molecular complexity index is 710. The molecule has 1 aliphatic rings. The molecule has 22 heavy (non-hydrogen) atoms. The van der Waals surface area contributed by atoms with Gasteiger partial charge in [0.25, 0.3) is 5.56 Å². The molecule has 9 heteroatoms. The number of nitrogens with one attached hydrogen (secondary N) is 1. The van der Waals surface area contributed by atoms with Gasteiger partial charge < -0.3 is 10.0 Å². The number of carbonyl (C=O) groups excluding carboxylic acids is 1. The molecule has 2 atom stereocenters. The van der Waals surface area contributed by atoms with Gasteiger partial charge in [-0.3, -0.25) is 23.9 Å². The van der Waals surface area contributed by atoms with E-state index in [0.717, 1.165) is 4.57 Å². The van der Waals surface area contributed by atoms with Crippen molar-refractivity contribution < 1.29 is 14.7 Å². The third-order valence-electron chi connectivity index (χ3n) is 3.90. The monoisotopic (exact) mass is 373 g/mol. The van der Waals surface area contributed by atoms with Crippen LogP contribution in [-0.2, 0) is 16.1 Å². The van der Waals surface area contributed by atoms with Crippen LogP contribution in [-0.4, -0.2) is 44.0 Å². The molecule has 1 amide bonds. The predicted octanol–water partition coefficient (Wildman–Crippen LogP) is 0.0108. The molecule has 0 radical (unpaired) electrons. The number of nitrogens with zero attached hydrogens (tertiary/aromatic N) is 2. The number of aromatic amines is 1. The predicted molar refractivity (Wildman–Crippen MR) is 80.6 cm³/mol. The van der Waals surface area contributed by atoms with Crippen LogP contribution in [0.15, 0.2) is 20.3 Å². The number of carbonyl (C=O) groups is 2. The van der Waals surface area contributed by atoms with Crippen molar-refractivity contribution in [2.75, 3.05) is 6.54 Å². The highest BCUT2D eigenvalue weighted by Gasteiger charge is 2.35. The third kappa shape index (κ3) is 3.29. The van der Waals surface area contributed by atoms with Gasteiger partial charge in [0.05, 0.1) is 10.4 Å². The molecule has 0 unspecified atom stereocenters. The summed E-state index contributed by atoms with van der Waals surface area (Å²) in [5.41, 5.74) is -1.24. The van der Waals surface area contributed by atoms with Crippen LogP contribution in [0.2, 0.25) is 0 Å². The first kappa shape index (κ1) is 16.5. The minimum absolute atomic E-state index is 0.148. The number of hydrogen-bond donors (Lipinski definition) is 2. The average molecular weight is 374 g/mol. The lowest BCUT2D eigenvalue weighted by atomic mass is 9.90. The van der Waals surface area contributed by atoms with Crippen molar-refractivity contribution >= 4 is 27.8 Å². The Balaban J connectivity index is 2.18. The van der Waals surface area contributed by atoms with Crippen LogP contribution in [0.5, 0.6) is 0 Å². The maximum Gasteiger partial charge on any atom is 0.328 e. The van der Waals surface area contributed by atoms with E-state index in [9.17, 15) is 19.2 Å². The number of H-pyrrole nitrogens is 1. The van der Waals surface area contributed by atoms with Gasteiger partial charge in [-0.15, -0.1) is 0 Å². The molecule has 2 N–H and O–H groups in total. The van der Waals surface area contributed by atoms with Gasteiger partial charge in [0, 0.05) is 18.8 Å². The normalized spacial score (nSPS) is 21.6. The summed E-state index contributed by atoms with van der Waals surface area (Å²) in [6.45, 7) is 1.91. The van der Waals surface area contributed by atoms with Crippen molar-refractivity contribution in [2.24, 2.45) is 5.92 Å². The van der Waals surface area contributed by atoms with Crippen LogP contribution >= 0.6 is 15.9 Å². The number of aliphatic carboxylic acids is 1. The third-order valence-corrected chi connectivity index (χ3v) is 4.46. The largest absolute Gasteiger partial charge is 0.481 e. The first-order chi connectivity index (χ1) is 10.3. The van der Waals surface area contributed by atoms with E-state index in [4.69, 9.17) is 5.11 Å². The van der Waals surface area contributed by atoms with E-state index in [0.29, 0.717) is 19.4 Å². The summed E-state index contributed by atoms with van der Waals surface area (Å²) in [6.07, 6.45) is 2.39. The van der Waals surface area contributed by atoms with Crippen LogP contribution in [0, 0.1) is 5.92 Å². The van der Waals surface area contributed by atoms with E-state index in [2.05, 4.69) is 20.9 Å². The Morgan fingerprint density at radius 1 is 1.45 bits per heavy atom. The molecule has 0 saturated carbocycles. The molecule has 0 aromatic carbocycles. The molecular formula is C13H16BrN3O5. The van der Waals surface area contributed by atoms with E-state index in [1.807, 2.05) is 0 Å². The smallest absolute Gasteiger partial charge is 0.328 e. The molecule has 120 valence electrons. The quantitative estimate of drug-likeness (QED) is 0.774. The molecule has 1 aromatic rings. The SMILES string of the molecule is C[C@@H]1[C@H](C(=O)O)CCCN1C(=O)Cn1cc(Br)c(=O)[nH]c1=O. The topological polar surface area (TPSA) is 112 Å². The van der Waals surface area contributed by atoms with Gasteiger partial charge in [0.2, 0.25) is 5.91 Å². The Morgan fingerprint density at radius 2 is 2.14 bits per heavy atom. The second kappa shape index (κ2) is 6.47. The Kier molecular flexibility index (Phi) is 4.84. The second-order valence-corrected chi connectivity index (χ2v) is 6.13. The van der Waals surface area contributed by atoms with Crippen LogP contribution in [0.3, 0.4) is 0 Å². The molecular weight excluding hydrogens is 358 g/mol. The Hall–Kier alpha value is -1.90. The van der Waals surface area contributed by atoms with Gasteiger partial charge in [0.1, 0.15) is 6.54 Å². The lowest BCUT2D eigenvalue weighted by Gasteiger charge is -2.37. The zero-order valence-electron chi connectivity index (χ0n) is 11.9. The van der Waals surface area contributed by atoms with E-state index in [-0.39, 0.29) is 16.9 Å². The summed E-state index contributed by atoms with van der Waals surface area (Å²) in [6, 6.07) is -0.430. The zero-order chi connectivity index (χ0) is 16.4. The molecule has 0 bridgehead atoms. The Morgan fingerprint density at radius 3 is 2.77 bits per heavy atom. The van der Waals surface area contributed by atoms with Crippen molar-refractivity contribution in [3.8, 4) is 0 Å². The minimum Gasteiger partial charge on any atom is -0.481 e. The first-order valence-electron chi connectivity index (χ1n) is 6.82. The van der Waals surface area contributed by atoms with Crippen LogP contribution in [0.25, 0.3) is 0 Å². The summed E-state index contributed by atoms with van der Waals surface area (Å²) >= 11 is 3.00. The summed E-state index contributed by atoms with van der Waals surface area (Å²) in [5.74, 6) is -1.87. The van der Waals surface area contributed by atoms with Crippen LogP contribution in [0.4, 0.5) is 0 Å². The number of hydrogen-bond acceptors (Lipinski definition) is 4. The number of rotatable bonds is 3. The molecule has 2 rings (SSSR count). The van der Waals surface area contributed by atoms with Gasteiger partial charge in [-0.2, -0.15) is 0 Å². The van der Waals surface area contributed by atoms with Crippen molar-refractivity contribution in [1.29, 1.82) is 0 Å². The average Bonchev–Trinajstić information content (AvgIpc) is 2.44. The highest BCUT2D eigenvalue weighted by molar-refractivity contribution is 9.10. The fraction of sp³-hybridized carbons (Fsp3) is 0.538. The van der Waals surface area contributed by atoms with E-state index in [1.165, 1.54) is 11.1 Å². The number of carboxylic acids is 1. The number of halogens is 1. The van der Waals surface area contributed by atoms with E-state index >= 15 is 0 Å². The highest BCUT2D eigenvalue weighted by atomic mass is 79.9. The highest BCUT2D eigenvalue weighted by Crippen LogP contribution is 2.24. The van der Waals surface area contributed by atoms with Crippen LogP contribution < -0.4 is 11.2 Å². The van der Waals surface area contributed by atoms with Gasteiger partial charge in [-0.25, -0.2) is 4.79 Å². The first-order valence-corrected chi connectivity index (χ1v) is 7.62. The molecule has 1 aromatic heterocycles. The molecule has 8 nitrogen and oxygen atoms in total. The standard InChI is InChI=1S/C13H16BrN3O5/c1-7-8(12(20)21)3-2-4-17(7)10(18)6-16-5-9(14)11(19)15-13(16)22/h5,7-8H,2-4,6H2,1H3,(H,20,21)(H,15,19,22)/t7-,8-/m1/s1. The van der Waals surface area contributed by atoms with Crippen molar-refractivity contribution in [3.63, 3.8) is 0 Å². The maximum atomic E-state index is 12.4. The number of carboxylic acid groups (broad SMARTS) is 1. The maximum absolute atomic E-state index is 12.4. The summed E-state index contributed by atoms with van der Waals surface area (Å²) in [5, 5.41) is 9.17. The number of amides is 1. The summed E-state index contributed by atoms with van der Waals surface area (Å²) < 4.78 is 1.24. The van der Waals surface area contributed by atoms with E-state index < -0.39 is 29.2 Å². The summed E-state index contributed by atoms with van der Waals surface area (Å²) in [7, 11) is 0. The molecule has 1 fully saturated rings. The lowest BCUT2D eigenvalue weighted by molar-refractivity contribution is -0.149. The van der Waals surface area contributed by atoms with Gasteiger partial charge in [-0.1, -0.05) is 0 Å². The molecule has 0 spiro atoms. The second-order valence-electron chi connectivity index (χ2n) is 5.28. The van der Waals surface area contributed by atoms with Crippen molar-refractivity contribution in [2.45, 2.75) is 32.4 Å². The van der Waals surface area contributed by atoms with Gasteiger partial charge in [-0.05, 0) is 35.7 Å². The Labute approximate surface area is 133 Å². The van der Waals surface area contributed by atoms with Crippen molar-refractivity contribution in [1.82, 2.24) is 14.5 Å². The number of likely N-dealkylation sites (tertiary alicyclic amines) is 1. The summed E-state index contributed by atoms with van der Waals surface area (Å²) in [4.78, 5) is 50.1. The fourth-order valence-corrected chi connectivity index (χ4v) is 3.01. The lowest BCUT2D eigenvalue weighted by Crippen LogP contribution is -2.50. The van der Waals surface area contributed by atoms with Gasteiger partial charge >= 0.3 is 11.7 Å². The van der Waals surface area contributed by atoms with Crippen LogP contribution in [0.1, 0.15) is 19.8 Å². The molecule has 1 aliphatic heterocycles. The zero-order valence-corrected chi connectivity index (χ0v) is 13.5. The molecule has 0 aliphatic carbocycles. The van der Waals surface area contributed by atoms with Crippen molar-refractivity contribution in [3.05, 3.63) is 31.5 Å². The van der Waals surface area contributed by atoms with Gasteiger partial charge in [0.15, 0.2) is 0 Å². The fourth-order valence-electron chi connectivity index (χ4n) is 2.66.